The molecule has 0 aliphatic rings. The van der Waals surface area contributed by atoms with Gasteiger partial charge in [0.25, 0.3) is 0 Å². The lowest BCUT2D eigenvalue weighted by atomic mass is 10.1. The van der Waals surface area contributed by atoms with Crippen molar-refractivity contribution in [2.75, 3.05) is 24.7 Å². The molecule has 2 nitrogen and oxygen atoms in total. The molecule has 0 fully saturated rings. The van der Waals surface area contributed by atoms with Crippen molar-refractivity contribution in [3.8, 4) is 0 Å². The molecule has 3 rings (SSSR count). The molecule has 2 heteroatoms. The Morgan fingerprint density at radius 3 is 1.27 bits per heavy atom. The van der Waals surface area contributed by atoms with E-state index in [2.05, 4.69) is 95.6 Å². The van der Waals surface area contributed by atoms with Crippen molar-refractivity contribution < 1.29 is 0 Å². The van der Waals surface area contributed by atoms with Gasteiger partial charge in [-0.3, -0.25) is 0 Å². The zero-order valence-electron chi connectivity index (χ0n) is 15.2. The summed E-state index contributed by atoms with van der Waals surface area (Å²) in [6.07, 6.45) is 8.56. The number of rotatable bonds is 6. The molecule has 0 aromatic heterocycles. The van der Waals surface area contributed by atoms with Gasteiger partial charge in [0.05, 0.1) is 0 Å². The van der Waals surface area contributed by atoms with Crippen molar-refractivity contribution in [1.29, 1.82) is 0 Å². The lowest BCUT2D eigenvalue weighted by Gasteiger charge is -2.04. The molecule has 26 heavy (non-hydrogen) atoms. The normalized spacial score (nSPS) is 11.2. The van der Waals surface area contributed by atoms with Gasteiger partial charge in [-0.2, -0.15) is 0 Å². The van der Waals surface area contributed by atoms with Gasteiger partial charge >= 0.3 is 0 Å². The zero-order valence-corrected chi connectivity index (χ0v) is 15.2. The van der Waals surface area contributed by atoms with E-state index in [4.69, 9.17) is 0 Å². The van der Waals surface area contributed by atoms with Gasteiger partial charge in [-0.05, 0) is 34.4 Å². The van der Waals surface area contributed by atoms with Gasteiger partial charge in [0.2, 0.25) is 0 Å². The molecule has 130 valence electrons. The summed E-state index contributed by atoms with van der Waals surface area (Å²) in [5.41, 5.74) is 7.00. The highest BCUT2D eigenvalue weighted by Gasteiger charge is 1.96. The molecule has 0 amide bonds. The van der Waals surface area contributed by atoms with Crippen molar-refractivity contribution in [3.05, 3.63) is 95.1 Å². The Morgan fingerprint density at radius 1 is 0.500 bits per heavy atom. The number of anilines is 2. The van der Waals surface area contributed by atoms with Crippen LogP contribution >= 0.6 is 0 Å². The van der Waals surface area contributed by atoms with Crippen molar-refractivity contribution >= 4 is 35.7 Å². The number of hydrogen-bond acceptors (Lipinski definition) is 2. The first kappa shape index (κ1) is 17.6. The summed E-state index contributed by atoms with van der Waals surface area (Å²) in [4.78, 5) is 0. The van der Waals surface area contributed by atoms with E-state index in [-0.39, 0.29) is 0 Å². The average Bonchev–Trinajstić information content (AvgIpc) is 2.72. The maximum atomic E-state index is 3.22. The highest BCUT2D eigenvalue weighted by atomic mass is 14.8. The summed E-state index contributed by atoms with van der Waals surface area (Å²) in [5.74, 6) is 0. The van der Waals surface area contributed by atoms with Crippen LogP contribution in [0.15, 0.2) is 72.8 Å². The standard InChI is InChI=1S/C24H24N2/c1-25-23-9-5-3-7-21(23)17-15-19-11-13-20(14-12-19)16-18-22-8-4-6-10-24(22)26-2/h3-18,25-26H,1-2H3/b17-15+,18-16+. The minimum Gasteiger partial charge on any atom is -0.388 e. The van der Waals surface area contributed by atoms with Crippen LogP contribution in [0.5, 0.6) is 0 Å². The van der Waals surface area contributed by atoms with E-state index in [9.17, 15) is 0 Å². The third-order valence-electron chi connectivity index (χ3n) is 4.31. The van der Waals surface area contributed by atoms with Gasteiger partial charge in [0.1, 0.15) is 0 Å². The van der Waals surface area contributed by atoms with Crippen LogP contribution < -0.4 is 10.6 Å². The topological polar surface area (TPSA) is 24.1 Å². The molecule has 0 saturated carbocycles. The zero-order chi connectivity index (χ0) is 18.2. The summed E-state index contributed by atoms with van der Waals surface area (Å²) < 4.78 is 0. The van der Waals surface area contributed by atoms with Gasteiger partial charge in [0, 0.05) is 25.5 Å². The largest absolute Gasteiger partial charge is 0.388 e. The van der Waals surface area contributed by atoms with Gasteiger partial charge in [-0.15, -0.1) is 0 Å². The van der Waals surface area contributed by atoms with Gasteiger partial charge in [-0.1, -0.05) is 85.0 Å². The molecule has 0 atom stereocenters. The number of benzene rings is 3. The monoisotopic (exact) mass is 340 g/mol. The Balaban J connectivity index is 1.72. The Kier molecular flexibility index (Phi) is 5.89. The predicted octanol–water partition coefficient (Wildman–Crippen LogP) is 6.11. The molecule has 0 aliphatic heterocycles. The van der Waals surface area contributed by atoms with Crippen LogP contribution in [0.4, 0.5) is 11.4 Å². The molecule has 0 unspecified atom stereocenters. The van der Waals surface area contributed by atoms with E-state index in [1.54, 1.807) is 0 Å². The fraction of sp³-hybridized carbons (Fsp3) is 0.0833. The molecule has 3 aromatic carbocycles. The van der Waals surface area contributed by atoms with E-state index in [1.807, 2.05) is 26.2 Å². The third-order valence-corrected chi connectivity index (χ3v) is 4.31. The maximum absolute atomic E-state index is 3.22. The van der Waals surface area contributed by atoms with Crippen molar-refractivity contribution in [1.82, 2.24) is 0 Å². The Hall–Kier alpha value is -3.26. The number of hydrogen-bond donors (Lipinski definition) is 2. The summed E-state index contributed by atoms with van der Waals surface area (Å²) >= 11 is 0. The van der Waals surface area contributed by atoms with Crippen LogP contribution in [0, 0.1) is 0 Å². The van der Waals surface area contributed by atoms with Crippen molar-refractivity contribution in [2.45, 2.75) is 0 Å². The van der Waals surface area contributed by atoms with Crippen molar-refractivity contribution in [2.24, 2.45) is 0 Å². The summed E-state index contributed by atoms with van der Waals surface area (Å²) in [5, 5.41) is 6.43. The molecule has 0 spiro atoms. The van der Waals surface area contributed by atoms with Crippen LogP contribution in [0.1, 0.15) is 22.3 Å². The van der Waals surface area contributed by atoms with E-state index in [0.29, 0.717) is 0 Å². The first-order chi connectivity index (χ1) is 12.8. The van der Waals surface area contributed by atoms with Crippen LogP contribution in [0.2, 0.25) is 0 Å². The molecule has 0 bridgehead atoms. The summed E-state index contributed by atoms with van der Waals surface area (Å²) in [7, 11) is 3.89. The van der Waals surface area contributed by atoms with E-state index in [1.165, 1.54) is 22.3 Å². The van der Waals surface area contributed by atoms with Crippen LogP contribution in [0.3, 0.4) is 0 Å². The minimum absolute atomic E-state index is 1.13. The molecule has 2 N–H and O–H groups in total. The second kappa shape index (κ2) is 8.72. The van der Waals surface area contributed by atoms with E-state index >= 15 is 0 Å². The lowest BCUT2D eigenvalue weighted by molar-refractivity contribution is 1.49. The van der Waals surface area contributed by atoms with Gasteiger partial charge in [-0.25, -0.2) is 0 Å². The van der Waals surface area contributed by atoms with Crippen LogP contribution in [0.25, 0.3) is 24.3 Å². The molecule has 3 aromatic rings. The third kappa shape index (κ3) is 4.42. The average molecular weight is 340 g/mol. The van der Waals surface area contributed by atoms with Crippen LogP contribution in [-0.2, 0) is 0 Å². The second-order valence-corrected chi connectivity index (χ2v) is 6.01. The molecule has 0 radical (unpaired) electrons. The lowest BCUT2D eigenvalue weighted by Crippen LogP contribution is -1.90. The fourth-order valence-electron chi connectivity index (χ4n) is 2.83. The first-order valence-electron chi connectivity index (χ1n) is 8.80. The Bertz CT molecular complexity index is 829. The van der Waals surface area contributed by atoms with Crippen LogP contribution in [-0.4, -0.2) is 14.1 Å². The number of nitrogens with one attached hydrogen (secondary N) is 2. The highest BCUT2D eigenvalue weighted by Crippen LogP contribution is 2.19. The highest BCUT2D eigenvalue weighted by molar-refractivity contribution is 5.78. The predicted molar refractivity (Wildman–Crippen MR) is 116 cm³/mol. The molecule has 0 saturated heterocycles. The number of para-hydroxylation sites is 2. The molecular weight excluding hydrogens is 316 g/mol. The quantitative estimate of drug-likeness (QED) is 0.529. The SMILES string of the molecule is CNc1ccccc1/C=C/c1ccc(/C=C/c2ccccc2NC)cc1. The second-order valence-electron chi connectivity index (χ2n) is 6.01. The fourth-order valence-corrected chi connectivity index (χ4v) is 2.83. The Morgan fingerprint density at radius 2 is 0.885 bits per heavy atom. The smallest absolute Gasteiger partial charge is 0.0411 e. The van der Waals surface area contributed by atoms with E-state index in [0.717, 1.165) is 11.4 Å². The molecular formula is C24H24N2. The summed E-state index contributed by atoms with van der Waals surface area (Å²) in [6.45, 7) is 0. The maximum Gasteiger partial charge on any atom is 0.0411 e. The Labute approximate surface area is 155 Å². The van der Waals surface area contributed by atoms with Crippen molar-refractivity contribution in [3.63, 3.8) is 0 Å². The van der Waals surface area contributed by atoms with Gasteiger partial charge < -0.3 is 10.6 Å². The van der Waals surface area contributed by atoms with Gasteiger partial charge in [0.15, 0.2) is 0 Å². The van der Waals surface area contributed by atoms with E-state index < -0.39 is 0 Å². The molecule has 0 aliphatic carbocycles. The minimum atomic E-state index is 1.13. The molecule has 0 heterocycles. The summed E-state index contributed by atoms with van der Waals surface area (Å²) in [6, 6.07) is 25.1. The first-order valence-corrected chi connectivity index (χ1v) is 8.80.